The fraction of sp³-hybridized carbons (Fsp3) is 0.490. The molecule has 0 bridgehead atoms. The third-order valence-electron chi connectivity index (χ3n) is 21.7. The quantitative estimate of drug-likeness (QED) is 0.0223. The predicted octanol–water partition coefficient (Wildman–Crippen LogP) is 15.9. The second kappa shape index (κ2) is 58.6. The molecule has 140 heavy (non-hydrogen) atoms. The van der Waals surface area contributed by atoms with Gasteiger partial charge in [0.1, 0.15) is 68.2 Å². The van der Waals surface area contributed by atoms with Gasteiger partial charge in [-0.2, -0.15) is 0 Å². The van der Waals surface area contributed by atoms with Gasteiger partial charge in [-0.15, -0.1) is 0 Å². The van der Waals surface area contributed by atoms with E-state index < -0.39 is 41.1 Å². The lowest BCUT2D eigenvalue weighted by Crippen LogP contribution is -2.49. The van der Waals surface area contributed by atoms with Crippen molar-refractivity contribution in [3.63, 3.8) is 0 Å². The van der Waals surface area contributed by atoms with Gasteiger partial charge in [-0.05, 0) is 183 Å². The molecule has 35 nitrogen and oxygen atoms in total. The van der Waals surface area contributed by atoms with E-state index in [4.69, 9.17) is 87.3 Å². The molecule has 6 unspecified atom stereocenters. The van der Waals surface area contributed by atoms with Crippen molar-refractivity contribution in [2.45, 2.75) is 209 Å². The minimum absolute atomic E-state index is 0.0343. The summed E-state index contributed by atoms with van der Waals surface area (Å²) in [6.45, 7) is 23.3. The largest absolute Gasteiger partial charge is 0.508 e. The van der Waals surface area contributed by atoms with Crippen LogP contribution >= 0.6 is 34.8 Å². The van der Waals surface area contributed by atoms with E-state index >= 15 is 0 Å². The molecule has 11 rings (SSSR count). The Hall–Kier alpha value is -12.4. The average molecular weight is 2010 g/mol. The highest BCUT2D eigenvalue weighted by molar-refractivity contribution is 6.35. The minimum Gasteiger partial charge on any atom is -0.508 e. The van der Waals surface area contributed by atoms with Crippen LogP contribution in [0.2, 0.25) is 15.1 Å². The van der Waals surface area contributed by atoms with Crippen molar-refractivity contribution >= 4 is 105 Å². The minimum atomic E-state index is -0.764. The number of carbonyl (C=O) groups excluding carboxylic acids is 8. The summed E-state index contributed by atoms with van der Waals surface area (Å²) in [4.78, 5) is 130. The van der Waals surface area contributed by atoms with E-state index in [1.54, 1.807) is 43.9 Å². The number of allylic oxidation sites excluding steroid dienone is 12. The third kappa shape index (κ3) is 37.6. The number of morpholine rings is 3. The summed E-state index contributed by atoms with van der Waals surface area (Å²) in [6.07, 6.45) is 38.0. The fourth-order valence-electron chi connectivity index (χ4n) is 15.6. The van der Waals surface area contributed by atoms with Crippen LogP contribution in [-0.2, 0) is 97.4 Å². The van der Waals surface area contributed by atoms with Crippen molar-refractivity contribution in [1.29, 1.82) is 0 Å². The maximum atomic E-state index is 12.8. The van der Waals surface area contributed by atoms with Gasteiger partial charge in [0.25, 0.3) is 23.6 Å². The molecule has 6 atom stereocenters. The number of hydrogen-bond acceptors (Lipinski definition) is 31. The normalized spacial score (nSPS) is 23.0. The van der Waals surface area contributed by atoms with Crippen molar-refractivity contribution in [2.75, 3.05) is 105 Å². The molecule has 0 aromatic heterocycles. The molecule has 0 spiro atoms. The fourth-order valence-corrected chi connectivity index (χ4v) is 16.3. The lowest BCUT2D eigenvalue weighted by molar-refractivity contribution is -0.148. The van der Waals surface area contributed by atoms with Crippen molar-refractivity contribution in [1.82, 2.24) is 19.6 Å². The summed E-state index contributed by atoms with van der Waals surface area (Å²) < 4.78 is 38.1. The van der Waals surface area contributed by atoms with E-state index in [1.165, 1.54) is 6.07 Å². The predicted molar refractivity (Wildman–Crippen MR) is 528 cm³/mol. The van der Waals surface area contributed by atoms with Crippen LogP contribution in [-0.4, -0.2) is 273 Å². The molecule has 762 valence electrons. The van der Waals surface area contributed by atoms with Gasteiger partial charge < -0.3 is 113 Å². The van der Waals surface area contributed by atoms with Gasteiger partial charge in [0.15, 0.2) is 26.4 Å². The number of cyclic esters (lactones) is 4. The molecule has 3 saturated heterocycles. The summed E-state index contributed by atoms with van der Waals surface area (Å²) in [5, 5.41) is 98.1. The van der Waals surface area contributed by atoms with E-state index in [0.717, 1.165) is 75.6 Å². The van der Waals surface area contributed by atoms with E-state index in [9.17, 15) is 79.2 Å². The SMILES string of the molecule is CC(C)CN(CC(C)C)C(=O)CO/N=C1\C=C\CC/C=C/CCOC(=O)c2c(O)cc(O)c(Cl)c2C1.CC1CN(C(=O)CO/N=C2/C=C/CC/C=C/CCOC(=O)c3c(O)cc(O)c(Cl)c3C2)CC(C)O1.CC1CN(C(=O)CO/N=C2/C=C/CC/C=C/CCOC(=O)c3c(O)cc(O)cc3C2)CC(C)O1.CC1CN(C(=O)CO/N=C2\C=C\CC/C=C/CCOC(=O)c3c(O)cc(O)c(Cl)c3C2)CC(C)O1. The zero-order chi connectivity index (χ0) is 102. The number of phenolic OH excluding ortho intramolecular Hbond substituents is 8. The van der Waals surface area contributed by atoms with Crippen LogP contribution in [0, 0.1) is 11.8 Å². The molecule has 7 aliphatic heterocycles. The van der Waals surface area contributed by atoms with Crippen molar-refractivity contribution < 1.29 is 132 Å². The second-order valence-corrected chi connectivity index (χ2v) is 36.3. The van der Waals surface area contributed by atoms with Crippen LogP contribution in [0.25, 0.3) is 0 Å². The van der Waals surface area contributed by atoms with Crippen LogP contribution in [0.15, 0.2) is 148 Å². The molecule has 8 N–H and O–H groups in total. The van der Waals surface area contributed by atoms with E-state index in [-0.39, 0.29) is 222 Å². The molecular weight excluding hydrogens is 1880 g/mol. The molecule has 0 aliphatic carbocycles. The Labute approximate surface area is 831 Å². The number of benzene rings is 4. The summed E-state index contributed by atoms with van der Waals surface area (Å²) in [7, 11) is 0. The Balaban J connectivity index is 0.000000229. The molecule has 7 aliphatic rings. The van der Waals surface area contributed by atoms with Gasteiger partial charge >= 0.3 is 23.9 Å². The highest BCUT2D eigenvalue weighted by atomic mass is 35.5. The van der Waals surface area contributed by atoms with Crippen LogP contribution in [0.1, 0.15) is 210 Å². The maximum absolute atomic E-state index is 12.8. The Morgan fingerprint density at radius 1 is 0.350 bits per heavy atom. The summed E-state index contributed by atoms with van der Waals surface area (Å²) in [6, 6.07) is 5.48. The Morgan fingerprint density at radius 3 is 0.886 bits per heavy atom. The smallest absolute Gasteiger partial charge is 0.342 e. The second-order valence-electron chi connectivity index (χ2n) is 35.1. The van der Waals surface area contributed by atoms with Gasteiger partial charge in [0.05, 0.1) is 101 Å². The number of halogens is 3. The lowest BCUT2D eigenvalue weighted by Gasteiger charge is -2.35. The van der Waals surface area contributed by atoms with E-state index in [2.05, 4.69) is 20.6 Å². The van der Waals surface area contributed by atoms with Crippen molar-refractivity contribution in [2.24, 2.45) is 32.5 Å². The number of ether oxygens (including phenoxy) is 7. The first kappa shape index (κ1) is 113. The Kier molecular flexibility index (Phi) is 47.2. The first-order valence-electron chi connectivity index (χ1n) is 47.0. The van der Waals surface area contributed by atoms with Crippen molar-refractivity contribution in [3.05, 3.63) is 187 Å². The molecule has 0 saturated carbocycles. The summed E-state index contributed by atoms with van der Waals surface area (Å²) in [5.41, 5.74) is 1.81. The van der Waals surface area contributed by atoms with Gasteiger partial charge in [0.2, 0.25) is 0 Å². The topological polar surface area (TPSA) is 462 Å². The highest BCUT2D eigenvalue weighted by Crippen LogP contribution is 2.41. The number of phenols is 8. The van der Waals surface area contributed by atoms with Gasteiger partial charge in [-0.25, -0.2) is 19.2 Å². The number of oxime groups is 4. The molecular formula is C102H131Cl3N8O27. The maximum Gasteiger partial charge on any atom is 0.342 e. The number of nitrogens with zero attached hydrogens (tertiary/aromatic N) is 8. The molecule has 4 amide bonds. The number of esters is 4. The standard InChI is InChI=1S/C27H37ClN2O6.2C25H31ClN2O7.C25H32N2O7/c1-18(2)15-30(16-19(3)4)24(33)17-36-29-20-11-9-7-5-6-8-10-12-35-27(34)25-21(13-20)26(28)23(32)14-22(25)31;2*1-16-13-28(14-17(2)35-16)22(31)15-34-27-18-9-7-5-3-4-6-8-10-33-25(32)23-19(11-18)24(26)21(30)12-20(23)29;1-17-14-27(15-18(2)34-17)23(30)16-33-26-20-9-7-5-3-4-6-8-10-32-25(31)24-19(11-20)12-21(28)13-22(24)29/h6,8-9,11,14,18-19,31-32H,5,7,10,12-13,15-17H2,1-4H3;2*4,6-7,9,12,16-17,29-30H,3,5,8,10-11,13-15H2,1-2H3;4,6-7,9,12-13,17-18,28-29H,3,5,8,10-11,14-16H2,1-2H3/b8-6+,11-9+,29-20+;6-4+,9-7+,27-18+;6-4+,9-7+,27-18-;6-4+,9-7+,26-20-. The van der Waals surface area contributed by atoms with Gasteiger partial charge in [-0.3, -0.25) is 19.2 Å². The number of rotatable bonds is 16. The van der Waals surface area contributed by atoms with Gasteiger partial charge in [-0.1, -0.05) is 156 Å². The van der Waals surface area contributed by atoms with Crippen LogP contribution < -0.4 is 0 Å². The van der Waals surface area contributed by atoms with E-state index in [1.807, 2.05) is 142 Å². The molecule has 3 fully saturated rings. The van der Waals surface area contributed by atoms with Crippen molar-refractivity contribution in [3.8, 4) is 46.0 Å². The average Bonchev–Trinajstić information content (AvgIpc) is 0.801. The zero-order valence-electron chi connectivity index (χ0n) is 80.9. The van der Waals surface area contributed by atoms with E-state index in [0.29, 0.717) is 118 Å². The number of amides is 4. The first-order valence-corrected chi connectivity index (χ1v) is 48.1. The molecule has 4 aromatic rings. The number of fused-ring (bicyclic) bond motifs is 4. The number of carbonyl (C=O) groups is 8. The monoisotopic (exact) mass is 2000 g/mol. The lowest BCUT2D eigenvalue weighted by atomic mass is 9.99. The number of hydrogen-bond donors (Lipinski definition) is 8. The summed E-state index contributed by atoms with van der Waals surface area (Å²) in [5.74, 6) is -6.20. The molecule has 38 heteroatoms. The summed E-state index contributed by atoms with van der Waals surface area (Å²) >= 11 is 18.9. The van der Waals surface area contributed by atoms with Crippen LogP contribution in [0.4, 0.5) is 0 Å². The van der Waals surface area contributed by atoms with Crippen LogP contribution in [0.5, 0.6) is 46.0 Å². The molecule has 0 radical (unpaired) electrons. The Morgan fingerprint density at radius 2 is 0.600 bits per heavy atom. The van der Waals surface area contributed by atoms with Crippen LogP contribution in [0.3, 0.4) is 0 Å². The third-order valence-corrected chi connectivity index (χ3v) is 23.0. The Bertz CT molecular complexity index is 5090. The molecule has 4 aromatic carbocycles. The zero-order valence-corrected chi connectivity index (χ0v) is 83.2. The highest BCUT2D eigenvalue weighted by Gasteiger charge is 2.34. The number of aromatic hydroxyl groups is 8. The van der Waals surface area contributed by atoms with Gasteiger partial charge in [0, 0.05) is 102 Å². The first-order chi connectivity index (χ1) is 66.9. The molecule has 7 heterocycles.